The van der Waals surface area contributed by atoms with Crippen LogP contribution in [0.25, 0.3) is 0 Å². The fraction of sp³-hybridized carbons (Fsp3) is 0.364. The van der Waals surface area contributed by atoms with Crippen molar-refractivity contribution in [3.63, 3.8) is 0 Å². The van der Waals surface area contributed by atoms with Crippen molar-refractivity contribution in [2.24, 2.45) is 0 Å². The molecule has 0 aliphatic carbocycles. The van der Waals surface area contributed by atoms with Crippen molar-refractivity contribution in [1.29, 1.82) is 0 Å². The maximum absolute atomic E-state index is 10.7. The highest BCUT2D eigenvalue weighted by atomic mass is 16.6. The molecule has 2 atom stereocenters. The Hall–Kier alpha value is -1.35. The van der Waals surface area contributed by atoms with E-state index >= 15 is 0 Å². The second kappa shape index (κ2) is 4.77. The molecule has 0 fully saturated rings. The van der Waals surface area contributed by atoms with Crippen LogP contribution in [0.15, 0.2) is 30.3 Å². The molecule has 0 bridgehead atoms. The molecule has 0 amide bonds. The third-order valence-corrected chi connectivity index (χ3v) is 1.94. The molecule has 1 aromatic carbocycles. The van der Waals surface area contributed by atoms with Crippen LogP contribution in [0.2, 0.25) is 0 Å². The van der Waals surface area contributed by atoms with Crippen molar-refractivity contribution in [3.05, 3.63) is 35.9 Å². The first-order chi connectivity index (χ1) is 6.61. The summed E-state index contributed by atoms with van der Waals surface area (Å²) in [6, 6.07) is 9.13. The zero-order chi connectivity index (χ0) is 10.6. The summed E-state index contributed by atoms with van der Waals surface area (Å²) in [6.07, 6.45) is -1.28. The van der Waals surface area contributed by atoms with Crippen LogP contribution in [0.4, 0.5) is 0 Å². The maximum Gasteiger partial charge on any atom is 0.302 e. The summed E-state index contributed by atoms with van der Waals surface area (Å²) in [5, 5.41) is 9.76. The van der Waals surface area contributed by atoms with Gasteiger partial charge in [-0.3, -0.25) is 4.79 Å². The lowest BCUT2D eigenvalue weighted by Crippen LogP contribution is -2.20. The van der Waals surface area contributed by atoms with Crippen molar-refractivity contribution < 1.29 is 14.6 Å². The van der Waals surface area contributed by atoms with E-state index in [1.54, 1.807) is 19.1 Å². The smallest absolute Gasteiger partial charge is 0.302 e. The molecule has 1 aromatic rings. The van der Waals surface area contributed by atoms with Crippen molar-refractivity contribution in [1.82, 2.24) is 0 Å². The van der Waals surface area contributed by atoms with Crippen LogP contribution in [0, 0.1) is 0 Å². The molecule has 3 nitrogen and oxygen atoms in total. The van der Waals surface area contributed by atoms with Gasteiger partial charge in [-0.05, 0) is 12.5 Å². The lowest BCUT2D eigenvalue weighted by Gasteiger charge is -2.18. The molecule has 0 unspecified atom stereocenters. The zero-order valence-electron chi connectivity index (χ0n) is 8.31. The first-order valence-electron chi connectivity index (χ1n) is 4.51. The summed E-state index contributed by atoms with van der Waals surface area (Å²) in [5.74, 6) is -0.382. The summed E-state index contributed by atoms with van der Waals surface area (Å²) in [5.41, 5.74) is 0.751. The van der Waals surface area contributed by atoms with Crippen LogP contribution >= 0.6 is 0 Å². The van der Waals surface area contributed by atoms with Crippen LogP contribution in [0.5, 0.6) is 0 Å². The Morgan fingerprint density at radius 2 is 1.93 bits per heavy atom. The van der Waals surface area contributed by atoms with Crippen molar-refractivity contribution >= 4 is 5.97 Å². The molecule has 0 aromatic heterocycles. The number of esters is 1. The van der Waals surface area contributed by atoms with E-state index in [9.17, 15) is 9.90 Å². The number of hydrogen-bond acceptors (Lipinski definition) is 3. The van der Waals surface area contributed by atoms with Crippen molar-refractivity contribution in [3.8, 4) is 0 Å². The molecule has 1 rings (SSSR count). The van der Waals surface area contributed by atoms with Gasteiger partial charge in [-0.1, -0.05) is 30.3 Å². The minimum Gasteiger partial charge on any atom is -0.460 e. The Labute approximate surface area is 83.3 Å². The predicted molar refractivity (Wildman–Crippen MR) is 52.6 cm³/mol. The molecule has 0 saturated heterocycles. The Morgan fingerprint density at radius 3 is 2.43 bits per heavy atom. The number of aliphatic hydroxyl groups excluding tert-OH is 1. The van der Waals surface area contributed by atoms with E-state index in [0.717, 1.165) is 5.56 Å². The van der Waals surface area contributed by atoms with Gasteiger partial charge in [-0.15, -0.1) is 0 Å². The number of rotatable bonds is 3. The van der Waals surface area contributed by atoms with Gasteiger partial charge in [-0.2, -0.15) is 0 Å². The molecule has 14 heavy (non-hydrogen) atoms. The van der Waals surface area contributed by atoms with Gasteiger partial charge in [0.1, 0.15) is 12.2 Å². The highest BCUT2D eigenvalue weighted by Gasteiger charge is 2.18. The van der Waals surface area contributed by atoms with E-state index in [2.05, 4.69) is 0 Å². The monoisotopic (exact) mass is 194 g/mol. The molecule has 0 radical (unpaired) electrons. The maximum atomic E-state index is 10.7. The molecule has 1 N–H and O–H groups in total. The summed E-state index contributed by atoms with van der Waals surface area (Å²) < 4.78 is 4.88. The molecule has 0 aliphatic heterocycles. The Balaban J connectivity index is 2.65. The topological polar surface area (TPSA) is 46.5 Å². The van der Waals surface area contributed by atoms with E-state index in [1.165, 1.54) is 6.92 Å². The standard InChI is InChI=1S/C11H14O3/c1-8(14-9(2)12)11(13)10-6-4-3-5-7-10/h3-8,11,13H,1-2H3/t8-,11-/m0/s1. The van der Waals surface area contributed by atoms with E-state index in [4.69, 9.17) is 4.74 Å². The molecule has 3 heteroatoms. The average Bonchev–Trinajstić information content (AvgIpc) is 2.17. The number of carbonyl (C=O) groups excluding carboxylic acids is 1. The Kier molecular flexibility index (Phi) is 3.65. The number of hydrogen-bond donors (Lipinski definition) is 1. The fourth-order valence-corrected chi connectivity index (χ4v) is 1.25. The van der Waals surface area contributed by atoms with Crippen molar-refractivity contribution in [2.45, 2.75) is 26.1 Å². The number of ether oxygens (including phenoxy) is 1. The van der Waals surface area contributed by atoms with Gasteiger partial charge in [0.15, 0.2) is 0 Å². The van der Waals surface area contributed by atoms with Gasteiger partial charge in [0.2, 0.25) is 0 Å². The van der Waals surface area contributed by atoms with E-state index in [1.807, 2.05) is 18.2 Å². The van der Waals surface area contributed by atoms with E-state index in [0.29, 0.717) is 0 Å². The van der Waals surface area contributed by atoms with Gasteiger partial charge >= 0.3 is 5.97 Å². The molecular weight excluding hydrogens is 180 g/mol. The first-order valence-corrected chi connectivity index (χ1v) is 4.51. The van der Waals surface area contributed by atoms with Gasteiger partial charge in [-0.25, -0.2) is 0 Å². The van der Waals surface area contributed by atoms with Gasteiger partial charge in [0.05, 0.1) is 0 Å². The highest BCUT2D eigenvalue weighted by Crippen LogP contribution is 2.18. The Bertz CT molecular complexity index is 295. The van der Waals surface area contributed by atoms with Crippen molar-refractivity contribution in [2.75, 3.05) is 0 Å². The van der Waals surface area contributed by atoms with Crippen LogP contribution in [0.3, 0.4) is 0 Å². The normalized spacial score (nSPS) is 14.5. The molecule has 0 saturated carbocycles. The second-order valence-electron chi connectivity index (χ2n) is 3.17. The summed E-state index contributed by atoms with van der Waals surface area (Å²) in [4.78, 5) is 10.7. The van der Waals surface area contributed by atoms with Crippen LogP contribution in [-0.4, -0.2) is 17.2 Å². The van der Waals surface area contributed by atoms with Gasteiger partial charge in [0, 0.05) is 6.92 Å². The minimum atomic E-state index is -0.764. The molecule has 0 aliphatic rings. The molecule has 76 valence electrons. The SMILES string of the molecule is CC(=O)O[C@@H](C)[C@H](O)c1ccccc1. The summed E-state index contributed by atoms with van der Waals surface area (Å²) >= 11 is 0. The lowest BCUT2D eigenvalue weighted by molar-refractivity contribution is -0.151. The second-order valence-corrected chi connectivity index (χ2v) is 3.17. The summed E-state index contributed by atoms with van der Waals surface area (Å²) in [6.45, 7) is 2.99. The van der Waals surface area contributed by atoms with Crippen LogP contribution < -0.4 is 0 Å². The Morgan fingerprint density at radius 1 is 1.36 bits per heavy atom. The van der Waals surface area contributed by atoms with Gasteiger partial charge < -0.3 is 9.84 Å². The third-order valence-electron chi connectivity index (χ3n) is 1.94. The van der Waals surface area contributed by atoms with E-state index < -0.39 is 12.2 Å². The highest BCUT2D eigenvalue weighted by molar-refractivity contribution is 5.66. The number of aliphatic hydroxyl groups is 1. The third kappa shape index (κ3) is 2.85. The summed E-state index contributed by atoms with van der Waals surface area (Å²) in [7, 11) is 0. The lowest BCUT2D eigenvalue weighted by atomic mass is 10.1. The minimum absolute atomic E-state index is 0.382. The molecule has 0 spiro atoms. The van der Waals surface area contributed by atoms with Crippen LogP contribution in [0.1, 0.15) is 25.5 Å². The number of carbonyl (C=O) groups is 1. The van der Waals surface area contributed by atoms with E-state index in [-0.39, 0.29) is 5.97 Å². The molecular formula is C11H14O3. The fourth-order valence-electron chi connectivity index (χ4n) is 1.25. The van der Waals surface area contributed by atoms with Gasteiger partial charge in [0.25, 0.3) is 0 Å². The predicted octanol–water partition coefficient (Wildman–Crippen LogP) is 1.67. The molecule has 0 heterocycles. The van der Waals surface area contributed by atoms with Crippen LogP contribution in [-0.2, 0) is 9.53 Å². The largest absolute Gasteiger partial charge is 0.460 e. The first kappa shape index (κ1) is 10.7. The zero-order valence-corrected chi connectivity index (χ0v) is 8.31. The quantitative estimate of drug-likeness (QED) is 0.744. The average molecular weight is 194 g/mol. The number of benzene rings is 1.